The summed E-state index contributed by atoms with van der Waals surface area (Å²) in [6.45, 7) is 1.14. The molecule has 2 rings (SSSR count). The van der Waals surface area contributed by atoms with Crippen molar-refractivity contribution >= 4 is 34.9 Å². The molecule has 1 aliphatic rings. The van der Waals surface area contributed by atoms with Crippen LogP contribution in [0.1, 0.15) is 27.2 Å². The average molecular weight is 450 g/mol. The van der Waals surface area contributed by atoms with E-state index in [-0.39, 0.29) is 13.0 Å². The fourth-order valence-electron chi connectivity index (χ4n) is 2.47. The molecule has 0 unspecified atom stereocenters. The Morgan fingerprint density at radius 1 is 1.30 bits per heavy atom. The van der Waals surface area contributed by atoms with Crippen molar-refractivity contribution in [2.75, 3.05) is 11.9 Å². The van der Waals surface area contributed by atoms with E-state index in [0.29, 0.717) is 17.0 Å². The Morgan fingerprint density at radius 2 is 1.93 bits per heavy atom. The van der Waals surface area contributed by atoms with Gasteiger partial charge in [-0.25, -0.2) is 18.5 Å². The second kappa shape index (κ2) is 8.86. The van der Waals surface area contributed by atoms with Crippen molar-refractivity contribution in [3.05, 3.63) is 35.1 Å². The molecule has 164 valence electrons. The van der Waals surface area contributed by atoms with Gasteiger partial charge >= 0.3 is 12.7 Å². The number of carbonyl (C=O) groups excluding carboxylic acids is 2. The number of alkyl halides is 2. The highest BCUT2D eigenvalue weighted by molar-refractivity contribution is 7.81. The molecule has 0 aliphatic carbocycles. The zero-order chi connectivity index (χ0) is 22.8. The van der Waals surface area contributed by atoms with Crippen molar-refractivity contribution in [3.63, 3.8) is 0 Å². The third-order valence-corrected chi connectivity index (χ3v) is 3.93. The van der Waals surface area contributed by atoms with Crippen LogP contribution >= 0.6 is 12.2 Å². The molecule has 2 N–H and O–H groups in total. The van der Waals surface area contributed by atoms with Gasteiger partial charge in [0.05, 0.1) is 5.69 Å². The Labute approximate surface area is 174 Å². The maximum Gasteiger partial charge on any atom is 0.417 e. The lowest BCUT2D eigenvalue weighted by Gasteiger charge is -2.30. The molecule has 30 heavy (non-hydrogen) atoms. The van der Waals surface area contributed by atoms with Gasteiger partial charge in [0.2, 0.25) is 0 Å². The predicted molar refractivity (Wildman–Crippen MR) is 101 cm³/mol. The van der Waals surface area contributed by atoms with Crippen molar-refractivity contribution in [3.8, 4) is 5.75 Å². The van der Waals surface area contributed by atoms with E-state index in [0.717, 1.165) is 0 Å². The summed E-state index contributed by atoms with van der Waals surface area (Å²) in [5, 5.41) is 12.3. The minimum Gasteiger partial charge on any atom is -0.511 e. The maximum atomic E-state index is 13.9. The smallest absolute Gasteiger partial charge is 0.417 e. The molecule has 0 spiro atoms. The van der Waals surface area contributed by atoms with Gasteiger partial charge < -0.3 is 19.9 Å². The number of aliphatic hydroxyl groups excluding tert-OH is 1. The van der Waals surface area contributed by atoms with Crippen molar-refractivity contribution in [2.24, 2.45) is 0 Å². The highest BCUT2D eigenvalue weighted by atomic mass is 32.1. The van der Waals surface area contributed by atoms with Gasteiger partial charge in [-0.3, -0.25) is 4.79 Å². The van der Waals surface area contributed by atoms with E-state index in [1.54, 1.807) is 20.8 Å². The Hall–Kier alpha value is -2.89. The number of rotatable bonds is 4. The first-order chi connectivity index (χ1) is 13.8. The zero-order valence-electron chi connectivity index (χ0n) is 16.1. The molecule has 2 amide bonds. The molecule has 7 nitrogen and oxygen atoms in total. The third-order valence-electron chi connectivity index (χ3n) is 3.62. The molecule has 0 radical (unpaired) electrons. The minimum atomic E-state index is -3.43. The van der Waals surface area contributed by atoms with Gasteiger partial charge in [-0.2, -0.15) is 8.78 Å². The average Bonchev–Trinajstić information content (AvgIpc) is 2.56. The molecule has 12 heteroatoms. The van der Waals surface area contributed by atoms with Crippen LogP contribution in [-0.4, -0.2) is 45.8 Å². The van der Waals surface area contributed by atoms with E-state index in [4.69, 9.17) is 17.0 Å². The summed E-state index contributed by atoms with van der Waals surface area (Å²) in [5.74, 6) is -5.14. The second-order valence-electron chi connectivity index (χ2n) is 7.11. The summed E-state index contributed by atoms with van der Waals surface area (Å²) in [6.07, 6.45) is -1.15. The molecular formula is C18H18F4N2O5S. The molecule has 0 saturated heterocycles. The number of hydrogen-bond acceptors (Lipinski definition) is 6. The van der Waals surface area contributed by atoms with Crippen molar-refractivity contribution < 1.29 is 41.7 Å². The molecule has 0 aromatic heterocycles. The largest absolute Gasteiger partial charge is 0.511 e. The Bertz CT molecular complexity index is 915. The van der Waals surface area contributed by atoms with Gasteiger partial charge in [0, 0.05) is 25.1 Å². The number of imide groups is 1. The summed E-state index contributed by atoms with van der Waals surface area (Å²) in [6, 6.07) is 0.933. The minimum absolute atomic E-state index is 0.167. The molecule has 0 atom stereocenters. The van der Waals surface area contributed by atoms with Gasteiger partial charge in [0.15, 0.2) is 11.6 Å². The number of ether oxygens (including phenoxy) is 2. The molecule has 0 bridgehead atoms. The SMILES string of the molecule is CC(C)(C)OC(=O)N1CCC(O)=C(C(=S)Nc2cc(F)cc(F)c2OC(F)F)C1=O. The normalized spacial score (nSPS) is 14.8. The quantitative estimate of drug-likeness (QED) is 0.523. The van der Waals surface area contributed by atoms with Gasteiger partial charge in [-0.15, -0.1) is 0 Å². The number of amides is 2. The van der Waals surface area contributed by atoms with Crippen molar-refractivity contribution in [2.45, 2.75) is 39.4 Å². The topological polar surface area (TPSA) is 88.1 Å². The highest BCUT2D eigenvalue weighted by Crippen LogP contribution is 2.32. The number of hydrogen-bond donors (Lipinski definition) is 2. The van der Waals surface area contributed by atoms with Crippen LogP contribution in [-0.2, 0) is 9.53 Å². The number of aliphatic hydroxyl groups is 1. The number of thiocarbonyl (C=S) groups is 1. The van der Waals surface area contributed by atoms with Crippen LogP contribution in [0.2, 0.25) is 0 Å². The summed E-state index contributed by atoms with van der Waals surface area (Å²) < 4.78 is 61.7. The highest BCUT2D eigenvalue weighted by Gasteiger charge is 2.36. The summed E-state index contributed by atoms with van der Waals surface area (Å²) in [4.78, 5) is 25.0. The fourth-order valence-corrected chi connectivity index (χ4v) is 2.78. The van der Waals surface area contributed by atoms with E-state index >= 15 is 0 Å². The lowest BCUT2D eigenvalue weighted by molar-refractivity contribution is -0.126. The number of anilines is 1. The summed E-state index contributed by atoms with van der Waals surface area (Å²) in [7, 11) is 0. The standard InChI is InChI=1S/C18H18F4N2O5S/c1-18(2,3)29-17(27)24-5-4-11(25)12(15(24)26)14(30)23-10-7-8(19)6-9(20)13(10)28-16(21)22/h6-7,16,25H,4-5H2,1-3H3,(H,23,30). The first-order valence-electron chi connectivity index (χ1n) is 8.52. The first kappa shape index (κ1) is 23.4. The summed E-state index contributed by atoms with van der Waals surface area (Å²) in [5.41, 5.74) is -2.09. The van der Waals surface area contributed by atoms with Crippen molar-refractivity contribution in [1.82, 2.24) is 4.90 Å². The van der Waals surface area contributed by atoms with Crippen molar-refractivity contribution in [1.29, 1.82) is 0 Å². The number of nitrogens with one attached hydrogen (secondary N) is 1. The van der Waals surface area contributed by atoms with Gasteiger partial charge in [0.25, 0.3) is 5.91 Å². The van der Waals surface area contributed by atoms with Crippen LogP contribution in [0.15, 0.2) is 23.5 Å². The van der Waals surface area contributed by atoms with Crippen LogP contribution in [0.3, 0.4) is 0 Å². The Morgan fingerprint density at radius 3 is 2.50 bits per heavy atom. The second-order valence-corrected chi connectivity index (χ2v) is 7.51. The van der Waals surface area contributed by atoms with Crippen LogP contribution in [0, 0.1) is 11.6 Å². The number of halogens is 4. The van der Waals surface area contributed by atoms with Gasteiger partial charge in [0.1, 0.15) is 27.7 Å². The molecule has 1 aliphatic heterocycles. The van der Waals surface area contributed by atoms with Crippen LogP contribution < -0.4 is 10.1 Å². The van der Waals surface area contributed by atoms with Gasteiger partial charge in [-0.1, -0.05) is 12.2 Å². The molecule has 1 heterocycles. The van der Waals surface area contributed by atoms with E-state index in [2.05, 4.69) is 10.1 Å². The summed E-state index contributed by atoms with van der Waals surface area (Å²) >= 11 is 5.00. The number of nitrogens with zero attached hydrogens (tertiary/aromatic N) is 1. The number of carbonyl (C=O) groups is 2. The van der Waals surface area contributed by atoms with Crippen LogP contribution in [0.25, 0.3) is 0 Å². The molecule has 1 aromatic carbocycles. The van der Waals surface area contributed by atoms with Gasteiger partial charge in [-0.05, 0) is 20.8 Å². The van der Waals surface area contributed by atoms with E-state index < -0.39 is 63.6 Å². The first-order valence-corrected chi connectivity index (χ1v) is 8.93. The molecule has 0 fully saturated rings. The predicted octanol–water partition coefficient (Wildman–Crippen LogP) is 4.29. The van der Waals surface area contributed by atoms with E-state index in [1.807, 2.05) is 0 Å². The van der Waals surface area contributed by atoms with Crippen LogP contribution in [0.5, 0.6) is 5.75 Å². The Kier molecular flexibility index (Phi) is 6.91. The zero-order valence-corrected chi connectivity index (χ0v) is 16.9. The van der Waals surface area contributed by atoms with Crippen LogP contribution in [0.4, 0.5) is 28.0 Å². The Balaban J connectivity index is 2.32. The molecule has 0 saturated carbocycles. The fraction of sp³-hybridized carbons (Fsp3) is 0.389. The van der Waals surface area contributed by atoms with E-state index in [9.17, 15) is 32.3 Å². The molecule has 1 aromatic rings. The maximum absolute atomic E-state index is 13.9. The third kappa shape index (κ3) is 5.59. The van der Waals surface area contributed by atoms with E-state index in [1.165, 1.54) is 0 Å². The lowest BCUT2D eigenvalue weighted by Crippen LogP contribution is -2.46. The lowest BCUT2D eigenvalue weighted by atomic mass is 10.1. The molecular weight excluding hydrogens is 432 g/mol. The number of benzene rings is 1. The monoisotopic (exact) mass is 450 g/mol.